The number of hydrogen-bond acceptors (Lipinski definition) is 5. The number of benzene rings is 1. The van der Waals surface area contributed by atoms with E-state index in [1.807, 2.05) is 6.92 Å². The quantitative estimate of drug-likeness (QED) is 0.813. The van der Waals surface area contributed by atoms with Gasteiger partial charge in [-0.1, -0.05) is 17.7 Å². The summed E-state index contributed by atoms with van der Waals surface area (Å²) >= 11 is 0. The lowest BCUT2D eigenvalue weighted by Gasteiger charge is -2.29. The van der Waals surface area contributed by atoms with Gasteiger partial charge in [0.25, 0.3) is 10.1 Å². The molecule has 0 heterocycles. The lowest BCUT2D eigenvalue weighted by atomic mass is 9.85. The molecule has 1 aromatic carbocycles. The van der Waals surface area contributed by atoms with Gasteiger partial charge in [-0.2, -0.15) is 8.42 Å². The first-order valence-electron chi connectivity index (χ1n) is 6.69. The van der Waals surface area contributed by atoms with Crippen molar-refractivity contribution in [3.63, 3.8) is 0 Å². The lowest BCUT2D eigenvalue weighted by molar-refractivity contribution is -0.145. The Bertz CT molecular complexity index is 607. The third-order valence-corrected chi connectivity index (χ3v) is 4.94. The van der Waals surface area contributed by atoms with E-state index in [1.165, 1.54) is 12.1 Å². The summed E-state index contributed by atoms with van der Waals surface area (Å²) in [5.41, 5.74) is 0.924. The zero-order chi connectivity index (χ0) is 15.6. The molecule has 1 aromatic rings. The van der Waals surface area contributed by atoms with E-state index in [9.17, 15) is 18.3 Å². The molecule has 116 valence electrons. The van der Waals surface area contributed by atoms with Crippen molar-refractivity contribution in [2.24, 2.45) is 5.92 Å². The van der Waals surface area contributed by atoms with Crippen molar-refractivity contribution >= 4 is 16.1 Å². The summed E-state index contributed by atoms with van der Waals surface area (Å²) in [5.74, 6) is -1.83. The number of aliphatic hydroxyl groups excluding tert-OH is 1. The molecule has 1 aliphatic carbocycles. The number of carboxylic acids is 1. The van der Waals surface area contributed by atoms with Gasteiger partial charge in [-0.15, -0.1) is 0 Å². The Hall–Kier alpha value is -1.44. The smallest absolute Gasteiger partial charge is 0.306 e. The van der Waals surface area contributed by atoms with Crippen LogP contribution in [0.2, 0.25) is 0 Å². The SMILES string of the molecule is Cc1ccc(S(=O)(=O)O[C@@H]2C[C@@H](O)C[C@H](C(=O)O)C2)cc1. The summed E-state index contributed by atoms with van der Waals surface area (Å²) in [6.45, 7) is 1.84. The van der Waals surface area contributed by atoms with E-state index in [0.29, 0.717) is 0 Å². The van der Waals surface area contributed by atoms with Crippen molar-refractivity contribution in [3.8, 4) is 0 Å². The molecule has 7 heteroatoms. The first-order valence-corrected chi connectivity index (χ1v) is 8.09. The van der Waals surface area contributed by atoms with Crippen LogP contribution in [0.5, 0.6) is 0 Å². The van der Waals surface area contributed by atoms with Crippen LogP contribution in [-0.2, 0) is 19.1 Å². The molecule has 0 amide bonds. The number of aliphatic carboxylic acids is 1. The van der Waals surface area contributed by atoms with Gasteiger partial charge in [0.15, 0.2) is 0 Å². The monoisotopic (exact) mass is 314 g/mol. The number of carboxylic acid groups (broad SMARTS) is 1. The van der Waals surface area contributed by atoms with Gasteiger partial charge in [0, 0.05) is 6.42 Å². The minimum atomic E-state index is -3.95. The van der Waals surface area contributed by atoms with Crippen molar-refractivity contribution < 1.29 is 27.6 Å². The summed E-state index contributed by atoms with van der Waals surface area (Å²) in [6.07, 6.45) is -1.36. The van der Waals surface area contributed by atoms with E-state index in [4.69, 9.17) is 9.29 Å². The molecule has 0 aliphatic heterocycles. The van der Waals surface area contributed by atoms with Crippen LogP contribution in [0.25, 0.3) is 0 Å². The predicted octanol–water partition coefficient (Wildman–Crippen LogP) is 1.31. The first-order chi connectivity index (χ1) is 9.78. The number of carbonyl (C=O) groups is 1. The molecule has 0 saturated heterocycles. The second kappa shape index (κ2) is 6.13. The Morgan fingerprint density at radius 1 is 1.19 bits per heavy atom. The summed E-state index contributed by atoms with van der Waals surface area (Å²) in [7, 11) is -3.95. The molecule has 0 bridgehead atoms. The largest absolute Gasteiger partial charge is 0.481 e. The Labute approximate surface area is 123 Å². The normalized spacial score (nSPS) is 26.5. The van der Waals surface area contributed by atoms with Gasteiger partial charge in [0.2, 0.25) is 0 Å². The highest BCUT2D eigenvalue weighted by molar-refractivity contribution is 7.86. The highest BCUT2D eigenvalue weighted by Crippen LogP contribution is 2.29. The second-order valence-electron chi connectivity index (χ2n) is 5.38. The number of rotatable bonds is 4. The predicted molar refractivity (Wildman–Crippen MR) is 74.2 cm³/mol. The Morgan fingerprint density at radius 3 is 2.38 bits per heavy atom. The Morgan fingerprint density at radius 2 is 1.81 bits per heavy atom. The summed E-state index contributed by atoms with van der Waals surface area (Å²) in [4.78, 5) is 11.0. The minimum Gasteiger partial charge on any atom is -0.481 e. The highest BCUT2D eigenvalue weighted by Gasteiger charge is 2.35. The van der Waals surface area contributed by atoms with Crippen molar-refractivity contribution in [1.29, 1.82) is 0 Å². The summed E-state index contributed by atoms with van der Waals surface area (Å²) in [6, 6.07) is 6.20. The van der Waals surface area contributed by atoms with E-state index in [1.54, 1.807) is 12.1 Å². The van der Waals surface area contributed by atoms with Crippen LogP contribution in [0.3, 0.4) is 0 Å². The maximum atomic E-state index is 12.1. The second-order valence-corrected chi connectivity index (χ2v) is 6.95. The number of aryl methyl sites for hydroxylation is 1. The standard InChI is InChI=1S/C14H18O6S/c1-9-2-4-13(5-3-9)21(18,19)20-12-7-10(14(16)17)6-11(15)8-12/h2-5,10-12,15H,6-8H2,1H3,(H,16,17)/t10-,11-,12-/m0/s1. The molecule has 1 fully saturated rings. The van der Waals surface area contributed by atoms with Crippen molar-refractivity contribution in [3.05, 3.63) is 29.8 Å². The van der Waals surface area contributed by atoms with Crippen LogP contribution < -0.4 is 0 Å². The molecular weight excluding hydrogens is 296 g/mol. The molecule has 0 radical (unpaired) electrons. The zero-order valence-corrected chi connectivity index (χ0v) is 12.4. The fraction of sp³-hybridized carbons (Fsp3) is 0.500. The number of aliphatic hydroxyl groups is 1. The summed E-state index contributed by atoms with van der Waals surface area (Å²) in [5, 5.41) is 18.7. The molecule has 2 N–H and O–H groups in total. The first kappa shape index (κ1) is 15.9. The van der Waals surface area contributed by atoms with E-state index in [-0.39, 0.29) is 24.2 Å². The van der Waals surface area contributed by atoms with E-state index in [2.05, 4.69) is 0 Å². The van der Waals surface area contributed by atoms with Crippen LogP contribution in [-0.4, -0.2) is 36.8 Å². The fourth-order valence-corrected chi connectivity index (χ4v) is 3.55. The molecule has 0 unspecified atom stereocenters. The van der Waals surface area contributed by atoms with Crippen LogP contribution in [0, 0.1) is 12.8 Å². The van der Waals surface area contributed by atoms with Gasteiger partial charge in [-0.3, -0.25) is 8.98 Å². The third kappa shape index (κ3) is 4.03. The van der Waals surface area contributed by atoms with Gasteiger partial charge in [-0.05, 0) is 31.9 Å². The molecule has 1 saturated carbocycles. The minimum absolute atomic E-state index is 0.0278. The van der Waals surface area contributed by atoms with E-state index >= 15 is 0 Å². The van der Waals surface area contributed by atoms with Gasteiger partial charge in [0.1, 0.15) is 0 Å². The molecule has 2 rings (SSSR count). The van der Waals surface area contributed by atoms with Gasteiger partial charge in [-0.25, -0.2) is 0 Å². The molecule has 3 atom stereocenters. The summed E-state index contributed by atoms with van der Waals surface area (Å²) < 4.78 is 29.4. The van der Waals surface area contributed by atoms with Crippen molar-refractivity contribution in [2.45, 2.75) is 43.3 Å². The van der Waals surface area contributed by atoms with Crippen molar-refractivity contribution in [1.82, 2.24) is 0 Å². The van der Waals surface area contributed by atoms with Crippen LogP contribution >= 0.6 is 0 Å². The Kier molecular flexibility index (Phi) is 4.65. The average Bonchev–Trinajstić information content (AvgIpc) is 2.37. The van der Waals surface area contributed by atoms with Gasteiger partial charge < -0.3 is 10.2 Å². The lowest BCUT2D eigenvalue weighted by Crippen LogP contribution is -2.36. The maximum Gasteiger partial charge on any atom is 0.306 e. The zero-order valence-electron chi connectivity index (χ0n) is 11.6. The highest BCUT2D eigenvalue weighted by atomic mass is 32.2. The third-order valence-electron chi connectivity index (χ3n) is 3.56. The van der Waals surface area contributed by atoms with Gasteiger partial charge >= 0.3 is 5.97 Å². The maximum absolute atomic E-state index is 12.1. The topological polar surface area (TPSA) is 101 Å². The molecule has 0 aromatic heterocycles. The molecule has 1 aliphatic rings. The van der Waals surface area contributed by atoms with E-state index in [0.717, 1.165) is 5.56 Å². The Balaban J connectivity index is 2.12. The average molecular weight is 314 g/mol. The molecule has 0 spiro atoms. The molecular formula is C14H18O6S. The van der Waals surface area contributed by atoms with Crippen molar-refractivity contribution in [2.75, 3.05) is 0 Å². The van der Waals surface area contributed by atoms with Gasteiger partial charge in [0.05, 0.1) is 23.0 Å². The van der Waals surface area contributed by atoms with E-state index < -0.39 is 34.2 Å². The van der Waals surface area contributed by atoms with Crippen LogP contribution in [0.1, 0.15) is 24.8 Å². The van der Waals surface area contributed by atoms with Crippen LogP contribution in [0.4, 0.5) is 0 Å². The van der Waals surface area contributed by atoms with Crippen LogP contribution in [0.15, 0.2) is 29.2 Å². The fourth-order valence-electron chi connectivity index (χ4n) is 2.46. The number of hydrogen-bond donors (Lipinski definition) is 2. The molecule has 6 nitrogen and oxygen atoms in total. The molecule has 21 heavy (non-hydrogen) atoms.